The maximum atomic E-state index is 13.0. The largest absolute Gasteiger partial charge is 0.396 e. The molecule has 2 heterocycles. The maximum Gasteiger partial charge on any atom is 0.210 e. The number of carbonyl (C=O) groups excluding carboxylic acids is 1. The quantitative estimate of drug-likeness (QED) is 0.820. The van der Waals surface area contributed by atoms with Crippen LogP contribution in [0.3, 0.4) is 0 Å². The highest BCUT2D eigenvalue weighted by Crippen LogP contribution is 2.34. The Balaban J connectivity index is 0.000000211. The Morgan fingerprint density at radius 2 is 1.93 bits per heavy atom. The first kappa shape index (κ1) is 20.5. The van der Waals surface area contributed by atoms with E-state index >= 15 is 0 Å². The summed E-state index contributed by atoms with van der Waals surface area (Å²) < 4.78 is 18.4. The van der Waals surface area contributed by atoms with E-state index in [1.165, 1.54) is 17.7 Å². The summed E-state index contributed by atoms with van der Waals surface area (Å²) in [5, 5.41) is 8.70. The number of aliphatic hydroxyl groups excluding tert-OH is 1. The third-order valence-corrected chi connectivity index (χ3v) is 5.50. The first-order valence-corrected chi connectivity index (χ1v) is 9.89. The number of hydrogen-bond acceptors (Lipinski definition) is 3. The summed E-state index contributed by atoms with van der Waals surface area (Å²) in [6, 6.07) is 14.4. The van der Waals surface area contributed by atoms with Gasteiger partial charge in [-0.3, -0.25) is 4.79 Å². The molecule has 4 rings (SSSR count). The molecule has 0 spiro atoms. The number of rotatable bonds is 3. The minimum Gasteiger partial charge on any atom is -0.396 e. The lowest BCUT2D eigenvalue weighted by molar-refractivity contribution is -0.119. The second-order valence-corrected chi connectivity index (χ2v) is 7.52. The third kappa shape index (κ3) is 4.97. The van der Waals surface area contributed by atoms with Gasteiger partial charge in [-0.2, -0.15) is 0 Å². The van der Waals surface area contributed by atoms with E-state index in [0.717, 1.165) is 43.4 Å². The number of ether oxygens (including phenoxy) is 1. The lowest BCUT2D eigenvalue weighted by atomic mass is 9.88. The Morgan fingerprint density at radius 1 is 1.18 bits per heavy atom. The van der Waals surface area contributed by atoms with Crippen LogP contribution in [0.5, 0.6) is 0 Å². The number of carbonyl (C=O) groups is 1. The first-order chi connectivity index (χ1) is 13.6. The highest BCUT2D eigenvalue weighted by atomic mass is 19.1. The fourth-order valence-electron chi connectivity index (χ4n) is 3.80. The van der Waals surface area contributed by atoms with Crippen molar-refractivity contribution in [1.82, 2.24) is 4.90 Å². The van der Waals surface area contributed by atoms with Gasteiger partial charge in [0.15, 0.2) is 0 Å². The van der Waals surface area contributed by atoms with Gasteiger partial charge in [0.2, 0.25) is 6.41 Å². The fourth-order valence-corrected chi connectivity index (χ4v) is 3.80. The van der Waals surface area contributed by atoms with Crippen molar-refractivity contribution < 1.29 is 19.0 Å². The predicted molar refractivity (Wildman–Crippen MR) is 106 cm³/mol. The van der Waals surface area contributed by atoms with Crippen molar-refractivity contribution in [3.05, 3.63) is 71.0 Å². The molecule has 4 nitrogen and oxygen atoms in total. The molecule has 150 valence electrons. The predicted octanol–water partition coefficient (Wildman–Crippen LogP) is 3.72. The number of amides is 1. The molecule has 2 aromatic rings. The monoisotopic (exact) mass is 385 g/mol. The zero-order valence-corrected chi connectivity index (χ0v) is 16.3. The fraction of sp³-hybridized carbons (Fsp3) is 0.435. The summed E-state index contributed by atoms with van der Waals surface area (Å²) in [4.78, 5) is 13.0. The smallest absolute Gasteiger partial charge is 0.210 e. The van der Waals surface area contributed by atoms with Crippen LogP contribution in [0.25, 0.3) is 0 Å². The molecule has 2 aromatic carbocycles. The summed E-state index contributed by atoms with van der Waals surface area (Å²) in [6.07, 6.45) is 4.38. The molecule has 1 fully saturated rings. The zero-order valence-electron chi connectivity index (χ0n) is 16.3. The second-order valence-electron chi connectivity index (χ2n) is 7.52. The Bertz CT molecular complexity index is 757. The van der Waals surface area contributed by atoms with Gasteiger partial charge in [0, 0.05) is 19.1 Å². The van der Waals surface area contributed by atoms with Crippen molar-refractivity contribution in [2.45, 2.75) is 38.3 Å². The zero-order chi connectivity index (χ0) is 19.9. The standard InChI is InChI=1S/C16H14FNO.C7H14O2/c17-14-7-5-13(6-8-14)16-15-4-2-1-3-12(15)9-10-18(16)11-19;1-6-2-3-7(4-8)5-9-6/h1-8,11,16H,9-10H2;6-8H,2-5H2,1H3/t16-;6-,7+/m00/s1. The van der Waals surface area contributed by atoms with Gasteiger partial charge in [0.1, 0.15) is 5.82 Å². The average molecular weight is 385 g/mol. The van der Waals surface area contributed by atoms with Crippen molar-refractivity contribution in [3.63, 3.8) is 0 Å². The van der Waals surface area contributed by atoms with Gasteiger partial charge in [-0.1, -0.05) is 36.4 Å². The molecule has 1 N–H and O–H groups in total. The van der Waals surface area contributed by atoms with Crippen LogP contribution in [-0.4, -0.2) is 42.3 Å². The van der Waals surface area contributed by atoms with Gasteiger partial charge in [0.05, 0.1) is 18.8 Å². The minimum absolute atomic E-state index is 0.108. The molecule has 1 amide bonds. The van der Waals surface area contributed by atoms with Gasteiger partial charge in [-0.15, -0.1) is 0 Å². The molecule has 0 radical (unpaired) electrons. The van der Waals surface area contributed by atoms with Crippen LogP contribution in [-0.2, 0) is 16.0 Å². The number of hydrogen-bond donors (Lipinski definition) is 1. The molecule has 2 aliphatic heterocycles. The van der Waals surface area contributed by atoms with E-state index in [0.29, 0.717) is 18.6 Å². The van der Waals surface area contributed by atoms with Crippen molar-refractivity contribution in [2.75, 3.05) is 19.8 Å². The van der Waals surface area contributed by atoms with Gasteiger partial charge < -0.3 is 14.7 Å². The molecule has 3 atom stereocenters. The Hall–Kier alpha value is -2.24. The molecule has 0 saturated carbocycles. The van der Waals surface area contributed by atoms with Crippen molar-refractivity contribution in [2.24, 2.45) is 5.92 Å². The van der Waals surface area contributed by atoms with E-state index in [-0.39, 0.29) is 18.5 Å². The van der Waals surface area contributed by atoms with Crippen molar-refractivity contribution >= 4 is 6.41 Å². The minimum atomic E-state index is -0.259. The molecule has 5 heteroatoms. The number of nitrogens with zero attached hydrogens (tertiary/aromatic N) is 1. The number of fused-ring (bicyclic) bond motifs is 1. The van der Waals surface area contributed by atoms with Crippen LogP contribution in [0, 0.1) is 11.7 Å². The third-order valence-electron chi connectivity index (χ3n) is 5.50. The average Bonchev–Trinajstić information content (AvgIpc) is 2.74. The molecule has 28 heavy (non-hydrogen) atoms. The maximum absolute atomic E-state index is 13.0. The SMILES string of the molecule is C[C@H]1CC[C@H](CO)CO1.O=CN1CCc2ccccc2[C@@H]1c1ccc(F)cc1. The van der Waals surface area contributed by atoms with Gasteiger partial charge in [-0.25, -0.2) is 4.39 Å². The molecule has 0 bridgehead atoms. The molecular weight excluding hydrogens is 357 g/mol. The molecule has 0 unspecified atom stereocenters. The molecule has 2 aliphatic rings. The van der Waals surface area contributed by atoms with E-state index in [4.69, 9.17) is 9.84 Å². The molecular formula is C23H28FNO3. The van der Waals surface area contributed by atoms with E-state index in [2.05, 4.69) is 13.0 Å². The van der Waals surface area contributed by atoms with Gasteiger partial charge >= 0.3 is 0 Å². The number of halogens is 1. The van der Waals surface area contributed by atoms with E-state index in [1.807, 2.05) is 18.2 Å². The van der Waals surface area contributed by atoms with Crippen LogP contribution < -0.4 is 0 Å². The number of aliphatic hydroxyl groups is 1. The molecule has 0 aliphatic carbocycles. The molecule has 0 aromatic heterocycles. The summed E-state index contributed by atoms with van der Waals surface area (Å²) in [5.74, 6) is 0.145. The van der Waals surface area contributed by atoms with Crippen LogP contribution in [0.15, 0.2) is 48.5 Å². The van der Waals surface area contributed by atoms with Gasteiger partial charge in [-0.05, 0) is 55.0 Å². The summed E-state index contributed by atoms with van der Waals surface area (Å²) in [7, 11) is 0. The van der Waals surface area contributed by atoms with E-state index in [9.17, 15) is 9.18 Å². The van der Waals surface area contributed by atoms with E-state index < -0.39 is 0 Å². The summed E-state index contributed by atoms with van der Waals surface area (Å²) in [5.41, 5.74) is 3.34. The highest BCUT2D eigenvalue weighted by Gasteiger charge is 2.27. The summed E-state index contributed by atoms with van der Waals surface area (Å²) in [6.45, 7) is 3.81. The lowest BCUT2D eigenvalue weighted by Crippen LogP contribution is -2.34. The summed E-state index contributed by atoms with van der Waals surface area (Å²) >= 11 is 0. The Kier molecular flexibility index (Phi) is 7.18. The first-order valence-electron chi connectivity index (χ1n) is 9.89. The van der Waals surface area contributed by atoms with Crippen LogP contribution in [0.4, 0.5) is 4.39 Å². The highest BCUT2D eigenvalue weighted by molar-refractivity contribution is 5.54. The molecule has 1 saturated heterocycles. The second kappa shape index (κ2) is 9.80. The van der Waals surface area contributed by atoms with E-state index in [1.54, 1.807) is 17.0 Å². The van der Waals surface area contributed by atoms with Crippen LogP contribution in [0.1, 0.15) is 42.5 Å². The van der Waals surface area contributed by atoms with Crippen molar-refractivity contribution in [1.29, 1.82) is 0 Å². The van der Waals surface area contributed by atoms with Crippen molar-refractivity contribution in [3.8, 4) is 0 Å². The Morgan fingerprint density at radius 3 is 2.57 bits per heavy atom. The number of benzene rings is 2. The normalized spacial score (nSPS) is 24.0. The Labute approximate surface area is 165 Å². The van der Waals surface area contributed by atoms with Crippen LogP contribution >= 0.6 is 0 Å². The lowest BCUT2D eigenvalue weighted by Gasteiger charge is -2.35. The van der Waals surface area contributed by atoms with Crippen LogP contribution in [0.2, 0.25) is 0 Å². The van der Waals surface area contributed by atoms with Gasteiger partial charge in [0.25, 0.3) is 0 Å². The topological polar surface area (TPSA) is 49.8 Å².